The smallest absolute Gasteiger partial charge is 0.319 e. The Labute approximate surface area is 130 Å². The Balaban J connectivity index is 2.77. The van der Waals surface area contributed by atoms with Gasteiger partial charge in [0.25, 0.3) is 5.91 Å². The van der Waals surface area contributed by atoms with Gasteiger partial charge in [-0.05, 0) is 32.0 Å². The van der Waals surface area contributed by atoms with Crippen LogP contribution in [0, 0.1) is 0 Å². The predicted molar refractivity (Wildman–Crippen MR) is 81.9 cm³/mol. The van der Waals surface area contributed by atoms with Crippen molar-refractivity contribution in [1.82, 2.24) is 5.32 Å². The number of primary amides is 1. The second-order valence-corrected chi connectivity index (χ2v) is 5.02. The van der Waals surface area contributed by atoms with Gasteiger partial charge in [0, 0.05) is 5.56 Å². The van der Waals surface area contributed by atoms with E-state index < -0.39 is 18.0 Å². The van der Waals surface area contributed by atoms with Gasteiger partial charge in [0.15, 0.2) is 17.5 Å². The number of likely N-dealkylation sites (N-methyl/N-ethyl adjacent to an activating group) is 1. The molecule has 0 spiro atoms. The van der Waals surface area contributed by atoms with Crippen molar-refractivity contribution >= 4 is 11.9 Å². The van der Waals surface area contributed by atoms with Crippen LogP contribution in [0.25, 0.3) is 0 Å². The predicted octanol–water partition coefficient (Wildman–Crippen LogP) is -0.308. The second kappa shape index (κ2) is 8.23. The third-order valence-corrected chi connectivity index (χ3v) is 3.39. The van der Waals surface area contributed by atoms with Crippen LogP contribution in [0.2, 0.25) is 0 Å². The molecule has 122 valence electrons. The number of imide groups is 1. The molecule has 22 heavy (non-hydrogen) atoms. The Hall–Kier alpha value is -2.28. The number of benzene rings is 1. The zero-order valence-electron chi connectivity index (χ0n) is 13.4. The third-order valence-electron chi connectivity index (χ3n) is 3.39. The first-order valence-corrected chi connectivity index (χ1v) is 7.11. The minimum Gasteiger partial charge on any atom is -0.493 e. The average Bonchev–Trinajstić information content (AvgIpc) is 2.47. The van der Waals surface area contributed by atoms with Crippen molar-refractivity contribution in [3.63, 3.8) is 0 Å². The standard InChI is InChI=1S/C15H23N3O4/c1-5-22-12-7-6-11(8-13(12)21-4)9-18(3)10(2)14(19)17-15(16)20/h6-8,10H,5,9H2,1-4H3,(H3,16,17,19,20)/p+1/t10-/m0/s1. The quantitative estimate of drug-likeness (QED) is 0.644. The molecule has 0 heterocycles. The van der Waals surface area contributed by atoms with Crippen molar-refractivity contribution in [2.24, 2.45) is 5.73 Å². The SMILES string of the molecule is CCOc1ccc(C[NH+](C)[C@@H](C)C(=O)NC(N)=O)cc1OC. The number of carbonyl (C=O) groups excluding carboxylic acids is 2. The molecular formula is C15H24N3O4+. The summed E-state index contributed by atoms with van der Waals surface area (Å²) in [5.41, 5.74) is 5.95. The Morgan fingerprint density at radius 3 is 2.59 bits per heavy atom. The molecule has 0 saturated heterocycles. The summed E-state index contributed by atoms with van der Waals surface area (Å²) in [6.07, 6.45) is 0. The number of ether oxygens (including phenoxy) is 2. The van der Waals surface area contributed by atoms with E-state index >= 15 is 0 Å². The molecule has 0 aliphatic heterocycles. The molecule has 0 aromatic heterocycles. The normalized spacial score (nSPS) is 13.1. The molecule has 1 rings (SSSR count). The number of nitrogens with two attached hydrogens (primary N) is 1. The van der Waals surface area contributed by atoms with Gasteiger partial charge in [-0.3, -0.25) is 10.1 Å². The molecule has 4 N–H and O–H groups in total. The fourth-order valence-corrected chi connectivity index (χ4v) is 2.03. The summed E-state index contributed by atoms with van der Waals surface area (Å²) < 4.78 is 10.8. The Morgan fingerprint density at radius 1 is 1.36 bits per heavy atom. The van der Waals surface area contributed by atoms with Crippen molar-refractivity contribution in [2.75, 3.05) is 20.8 Å². The van der Waals surface area contributed by atoms with Gasteiger partial charge in [0.05, 0.1) is 20.8 Å². The third kappa shape index (κ3) is 4.92. The highest BCUT2D eigenvalue weighted by Gasteiger charge is 2.23. The van der Waals surface area contributed by atoms with Gasteiger partial charge in [-0.2, -0.15) is 0 Å². The number of carbonyl (C=O) groups is 2. The fourth-order valence-electron chi connectivity index (χ4n) is 2.03. The fraction of sp³-hybridized carbons (Fsp3) is 0.467. The van der Waals surface area contributed by atoms with E-state index in [0.717, 1.165) is 10.5 Å². The van der Waals surface area contributed by atoms with Gasteiger partial charge in [0.1, 0.15) is 6.54 Å². The Bertz CT molecular complexity index is 534. The molecule has 1 aromatic carbocycles. The van der Waals surface area contributed by atoms with Crippen molar-refractivity contribution < 1.29 is 24.0 Å². The van der Waals surface area contributed by atoms with E-state index in [1.165, 1.54) is 0 Å². The molecule has 1 aromatic rings. The summed E-state index contributed by atoms with van der Waals surface area (Å²) in [7, 11) is 3.45. The molecule has 0 fully saturated rings. The number of methoxy groups -OCH3 is 1. The largest absolute Gasteiger partial charge is 0.493 e. The molecule has 0 bridgehead atoms. The molecule has 3 amide bonds. The first-order chi connectivity index (χ1) is 10.4. The van der Waals surface area contributed by atoms with E-state index in [1.54, 1.807) is 14.0 Å². The summed E-state index contributed by atoms with van der Waals surface area (Å²) in [5, 5.41) is 2.09. The van der Waals surface area contributed by atoms with Gasteiger partial charge in [-0.1, -0.05) is 0 Å². The Morgan fingerprint density at radius 2 is 2.05 bits per heavy atom. The van der Waals surface area contributed by atoms with Crippen LogP contribution in [-0.2, 0) is 11.3 Å². The lowest BCUT2D eigenvalue weighted by atomic mass is 10.1. The van der Waals surface area contributed by atoms with Gasteiger partial charge in [-0.15, -0.1) is 0 Å². The number of rotatable bonds is 7. The van der Waals surface area contributed by atoms with Crippen LogP contribution in [-0.4, -0.2) is 38.7 Å². The summed E-state index contributed by atoms with van der Waals surface area (Å²) in [5.74, 6) is 0.940. The molecule has 0 saturated carbocycles. The number of nitrogens with one attached hydrogen (secondary N) is 2. The lowest BCUT2D eigenvalue weighted by Crippen LogP contribution is -3.12. The molecule has 0 aliphatic carbocycles. The van der Waals surface area contributed by atoms with Gasteiger partial charge < -0.3 is 20.1 Å². The minimum atomic E-state index is -0.840. The van der Waals surface area contributed by atoms with Crippen LogP contribution < -0.4 is 25.4 Å². The number of urea groups is 1. The maximum Gasteiger partial charge on any atom is 0.319 e. The highest BCUT2D eigenvalue weighted by Crippen LogP contribution is 2.27. The van der Waals surface area contributed by atoms with Crippen LogP contribution in [0.15, 0.2) is 18.2 Å². The first-order valence-electron chi connectivity index (χ1n) is 7.11. The number of hydrogen-bond donors (Lipinski definition) is 3. The van der Waals surface area contributed by atoms with Gasteiger partial charge in [-0.25, -0.2) is 4.79 Å². The molecule has 0 aliphatic rings. The van der Waals surface area contributed by atoms with E-state index in [1.807, 2.05) is 32.2 Å². The summed E-state index contributed by atoms with van der Waals surface area (Å²) >= 11 is 0. The van der Waals surface area contributed by atoms with Gasteiger partial charge >= 0.3 is 6.03 Å². The number of hydrogen-bond acceptors (Lipinski definition) is 4. The van der Waals surface area contributed by atoms with Crippen molar-refractivity contribution in [3.05, 3.63) is 23.8 Å². The molecule has 1 unspecified atom stereocenters. The molecular weight excluding hydrogens is 286 g/mol. The van der Waals surface area contributed by atoms with Crippen LogP contribution in [0.5, 0.6) is 11.5 Å². The molecule has 7 heteroatoms. The van der Waals surface area contributed by atoms with Crippen LogP contribution in [0.3, 0.4) is 0 Å². The lowest BCUT2D eigenvalue weighted by molar-refractivity contribution is -0.908. The monoisotopic (exact) mass is 310 g/mol. The highest BCUT2D eigenvalue weighted by molar-refractivity contribution is 5.95. The zero-order valence-corrected chi connectivity index (χ0v) is 13.4. The Kier molecular flexibility index (Phi) is 6.65. The van der Waals surface area contributed by atoms with Crippen LogP contribution >= 0.6 is 0 Å². The number of quaternary nitrogens is 1. The summed E-state index contributed by atoms with van der Waals surface area (Å²) in [6.45, 7) is 4.80. The molecule has 7 nitrogen and oxygen atoms in total. The van der Waals surface area contributed by atoms with Crippen LogP contribution in [0.4, 0.5) is 4.79 Å². The maximum atomic E-state index is 11.8. The topological polar surface area (TPSA) is 95.1 Å². The van der Waals surface area contributed by atoms with E-state index in [4.69, 9.17) is 15.2 Å². The van der Waals surface area contributed by atoms with E-state index in [-0.39, 0.29) is 0 Å². The zero-order chi connectivity index (χ0) is 16.7. The van der Waals surface area contributed by atoms with Crippen LogP contribution in [0.1, 0.15) is 19.4 Å². The lowest BCUT2D eigenvalue weighted by Gasteiger charge is -2.21. The van der Waals surface area contributed by atoms with E-state index in [9.17, 15) is 9.59 Å². The maximum absolute atomic E-state index is 11.8. The van der Waals surface area contributed by atoms with E-state index in [0.29, 0.717) is 24.7 Å². The summed E-state index contributed by atoms with van der Waals surface area (Å²) in [4.78, 5) is 23.4. The average molecular weight is 310 g/mol. The van der Waals surface area contributed by atoms with E-state index in [2.05, 4.69) is 5.32 Å². The van der Waals surface area contributed by atoms with Gasteiger partial charge in [0.2, 0.25) is 0 Å². The van der Waals surface area contributed by atoms with Crippen molar-refractivity contribution in [1.29, 1.82) is 0 Å². The van der Waals surface area contributed by atoms with Crippen molar-refractivity contribution in [2.45, 2.75) is 26.4 Å². The van der Waals surface area contributed by atoms with Crippen molar-refractivity contribution in [3.8, 4) is 11.5 Å². The molecule has 0 radical (unpaired) electrons. The summed E-state index contributed by atoms with van der Waals surface area (Å²) in [6, 6.07) is 4.40. The highest BCUT2D eigenvalue weighted by atomic mass is 16.5. The second-order valence-electron chi connectivity index (χ2n) is 5.02. The first kappa shape index (κ1) is 17.8. The minimum absolute atomic E-state index is 0.400. The number of amides is 3. The molecule has 2 atom stereocenters.